The van der Waals surface area contributed by atoms with Crippen LogP contribution in [0.1, 0.15) is 58.3 Å². The maximum Gasteiger partial charge on any atom is 0.248 e. The average Bonchev–Trinajstić information content (AvgIpc) is 3.39. The van der Waals surface area contributed by atoms with Gasteiger partial charge in [-0.3, -0.25) is 4.79 Å². The second kappa shape index (κ2) is 11.2. The Kier molecular flexibility index (Phi) is 7.54. The molecule has 0 radical (unpaired) electrons. The van der Waals surface area contributed by atoms with E-state index in [-0.39, 0.29) is 6.04 Å². The zero-order valence-corrected chi connectivity index (χ0v) is 22.3. The highest BCUT2D eigenvalue weighted by Crippen LogP contribution is 2.36. The smallest absolute Gasteiger partial charge is 0.248 e. The lowest BCUT2D eigenvalue weighted by Gasteiger charge is -2.30. The van der Waals surface area contributed by atoms with Crippen molar-refractivity contribution in [3.8, 4) is 17.7 Å². The molecule has 4 aromatic rings. The van der Waals surface area contributed by atoms with Gasteiger partial charge in [-0.05, 0) is 91.9 Å². The van der Waals surface area contributed by atoms with E-state index in [1.165, 1.54) is 0 Å². The summed E-state index contributed by atoms with van der Waals surface area (Å²) in [6, 6.07) is 16.0. The van der Waals surface area contributed by atoms with Gasteiger partial charge in [-0.15, -0.1) is 11.3 Å². The quantitative estimate of drug-likeness (QED) is 0.273. The SMILES string of the molecule is Cc1cc(C#N)cc(C)c1Oc1nc(NC2CCC(NCc3ccc(C(N)=O)cc3)CC2)nc2ccsc12. The number of nitriles is 1. The van der Waals surface area contributed by atoms with Gasteiger partial charge in [-0.25, -0.2) is 4.98 Å². The lowest BCUT2D eigenvalue weighted by molar-refractivity contribution is 0.1000. The molecule has 1 amide bonds. The molecule has 4 N–H and O–H groups in total. The first-order chi connectivity index (χ1) is 18.4. The molecule has 0 aliphatic heterocycles. The van der Waals surface area contributed by atoms with E-state index in [2.05, 4.69) is 16.7 Å². The number of benzene rings is 2. The molecule has 0 spiro atoms. The fourth-order valence-electron chi connectivity index (χ4n) is 4.92. The third-order valence-corrected chi connectivity index (χ3v) is 7.85. The molecular weight excluding hydrogens is 496 g/mol. The highest BCUT2D eigenvalue weighted by Gasteiger charge is 2.22. The minimum Gasteiger partial charge on any atom is -0.437 e. The summed E-state index contributed by atoms with van der Waals surface area (Å²) in [5.74, 6) is 1.41. The Morgan fingerprint density at radius 2 is 1.76 bits per heavy atom. The number of fused-ring (bicyclic) bond motifs is 1. The van der Waals surface area contributed by atoms with E-state index in [0.717, 1.165) is 64.9 Å². The van der Waals surface area contributed by atoms with Crippen LogP contribution in [0.4, 0.5) is 5.95 Å². The number of ether oxygens (including phenoxy) is 1. The molecule has 0 saturated heterocycles. The van der Waals surface area contributed by atoms with E-state index in [9.17, 15) is 10.1 Å². The fraction of sp³-hybridized carbons (Fsp3) is 0.310. The van der Waals surface area contributed by atoms with Crippen molar-refractivity contribution >= 4 is 33.4 Å². The zero-order valence-electron chi connectivity index (χ0n) is 21.5. The van der Waals surface area contributed by atoms with E-state index in [1.807, 2.05) is 49.6 Å². The first-order valence-electron chi connectivity index (χ1n) is 12.7. The maximum atomic E-state index is 11.3. The summed E-state index contributed by atoms with van der Waals surface area (Å²) in [4.78, 5) is 20.7. The lowest BCUT2D eigenvalue weighted by atomic mass is 9.91. The molecule has 0 atom stereocenters. The van der Waals surface area contributed by atoms with Gasteiger partial charge in [0, 0.05) is 24.2 Å². The van der Waals surface area contributed by atoms with Crippen LogP contribution in [0.25, 0.3) is 10.2 Å². The number of hydrogen-bond acceptors (Lipinski definition) is 8. The third kappa shape index (κ3) is 5.77. The van der Waals surface area contributed by atoms with Gasteiger partial charge in [0.05, 0.1) is 17.1 Å². The van der Waals surface area contributed by atoms with E-state index < -0.39 is 5.91 Å². The van der Waals surface area contributed by atoms with E-state index >= 15 is 0 Å². The number of nitrogens with zero attached hydrogens (tertiary/aromatic N) is 3. The van der Waals surface area contributed by atoms with Gasteiger partial charge < -0.3 is 21.1 Å². The Bertz CT molecular complexity index is 1480. The molecular formula is C29H30N6O2S. The first kappa shape index (κ1) is 25.6. The van der Waals surface area contributed by atoms with Crippen LogP contribution in [-0.4, -0.2) is 28.0 Å². The molecule has 8 nitrogen and oxygen atoms in total. The maximum absolute atomic E-state index is 11.3. The van der Waals surface area contributed by atoms with Gasteiger partial charge >= 0.3 is 0 Å². The van der Waals surface area contributed by atoms with Crippen molar-refractivity contribution in [3.63, 3.8) is 0 Å². The van der Waals surface area contributed by atoms with Gasteiger partial charge in [0.2, 0.25) is 17.7 Å². The number of rotatable bonds is 8. The average molecular weight is 527 g/mol. The Morgan fingerprint density at radius 1 is 1.08 bits per heavy atom. The van der Waals surface area contributed by atoms with E-state index in [4.69, 9.17) is 20.4 Å². The molecule has 1 aliphatic carbocycles. The zero-order chi connectivity index (χ0) is 26.6. The number of thiophene rings is 1. The highest BCUT2D eigenvalue weighted by molar-refractivity contribution is 7.17. The summed E-state index contributed by atoms with van der Waals surface area (Å²) in [6.45, 7) is 4.64. The number of hydrogen-bond donors (Lipinski definition) is 3. The minimum atomic E-state index is -0.407. The summed E-state index contributed by atoms with van der Waals surface area (Å²) in [5.41, 5.74) is 10.2. The molecule has 1 saturated carbocycles. The summed E-state index contributed by atoms with van der Waals surface area (Å²) < 4.78 is 7.23. The molecule has 194 valence electrons. The summed E-state index contributed by atoms with van der Waals surface area (Å²) >= 11 is 1.55. The van der Waals surface area contributed by atoms with Crippen LogP contribution in [0, 0.1) is 25.2 Å². The van der Waals surface area contributed by atoms with Crippen molar-refractivity contribution in [2.45, 2.75) is 58.2 Å². The van der Waals surface area contributed by atoms with Crippen molar-refractivity contribution in [2.24, 2.45) is 5.73 Å². The third-order valence-electron chi connectivity index (χ3n) is 6.95. The van der Waals surface area contributed by atoms with Crippen LogP contribution in [0.3, 0.4) is 0 Å². The van der Waals surface area contributed by atoms with Crippen molar-refractivity contribution in [1.29, 1.82) is 5.26 Å². The Labute approximate surface area is 225 Å². The van der Waals surface area contributed by atoms with Crippen molar-refractivity contribution < 1.29 is 9.53 Å². The normalized spacial score (nSPS) is 17.2. The van der Waals surface area contributed by atoms with E-state index in [0.29, 0.717) is 29.0 Å². The highest BCUT2D eigenvalue weighted by atomic mass is 32.1. The number of nitrogens with one attached hydrogen (secondary N) is 2. The van der Waals surface area contributed by atoms with Crippen molar-refractivity contribution in [3.05, 3.63) is 75.7 Å². The van der Waals surface area contributed by atoms with Crippen molar-refractivity contribution in [1.82, 2.24) is 15.3 Å². The predicted molar refractivity (Wildman–Crippen MR) is 150 cm³/mol. The molecule has 1 aliphatic rings. The number of nitrogens with two attached hydrogens (primary N) is 1. The Balaban J connectivity index is 1.22. The monoisotopic (exact) mass is 526 g/mol. The number of aromatic nitrogens is 2. The number of carbonyl (C=O) groups is 1. The number of primary amides is 1. The number of carbonyl (C=O) groups excluding carboxylic acids is 1. The van der Waals surface area contributed by atoms with Gasteiger partial charge in [-0.1, -0.05) is 12.1 Å². The summed E-state index contributed by atoms with van der Waals surface area (Å²) in [5, 5.41) is 18.4. The molecule has 9 heteroatoms. The Hall–Kier alpha value is -4.00. The molecule has 2 aromatic heterocycles. The molecule has 0 unspecified atom stereocenters. The molecule has 1 fully saturated rings. The number of anilines is 1. The summed E-state index contributed by atoms with van der Waals surface area (Å²) in [6.07, 6.45) is 4.11. The van der Waals surface area contributed by atoms with Crippen LogP contribution < -0.4 is 21.1 Å². The fourth-order valence-corrected chi connectivity index (χ4v) is 5.67. The predicted octanol–water partition coefficient (Wildman–Crippen LogP) is 5.58. The largest absolute Gasteiger partial charge is 0.437 e. The molecule has 38 heavy (non-hydrogen) atoms. The Morgan fingerprint density at radius 3 is 2.42 bits per heavy atom. The van der Waals surface area contributed by atoms with Gasteiger partial charge in [0.15, 0.2) is 0 Å². The summed E-state index contributed by atoms with van der Waals surface area (Å²) in [7, 11) is 0. The molecule has 2 heterocycles. The number of amides is 1. The first-order valence-corrected chi connectivity index (χ1v) is 13.6. The van der Waals surface area contributed by atoms with Crippen LogP contribution >= 0.6 is 11.3 Å². The standard InChI is InChI=1S/C29H30N6O2S/c1-17-13-20(15-30)14-18(2)25(17)37-28-26-24(11-12-38-26)34-29(35-28)33-23-9-7-22(8-10-23)32-16-19-3-5-21(6-4-19)27(31)36/h3-6,11-14,22-23,32H,7-10,16H2,1-2H3,(H2,31,36)(H,33,34,35). The van der Waals surface area contributed by atoms with Crippen LogP contribution in [-0.2, 0) is 6.54 Å². The molecule has 2 aromatic carbocycles. The second-order valence-corrected chi connectivity index (χ2v) is 10.7. The van der Waals surface area contributed by atoms with Gasteiger partial charge in [-0.2, -0.15) is 10.2 Å². The molecule has 0 bridgehead atoms. The topological polar surface area (TPSA) is 126 Å². The lowest BCUT2D eigenvalue weighted by Crippen LogP contribution is -2.36. The van der Waals surface area contributed by atoms with Crippen LogP contribution in [0.5, 0.6) is 11.6 Å². The van der Waals surface area contributed by atoms with Crippen molar-refractivity contribution in [2.75, 3.05) is 5.32 Å². The van der Waals surface area contributed by atoms with Crippen LogP contribution in [0.2, 0.25) is 0 Å². The number of aryl methyl sites for hydroxylation is 2. The van der Waals surface area contributed by atoms with Gasteiger partial charge in [0.1, 0.15) is 10.4 Å². The van der Waals surface area contributed by atoms with Crippen LogP contribution in [0.15, 0.2) is 47.8 Å². The molecule has 5 rings (SSSR count). The minimum absolute atomic E-state index is 0.283. The van der Waals surface area contributed by atoms with E-state index in [1.54, 1.807) is 23.5 Å². The van der Waals surface area contributed by atoms with Gasteiger partial charge in [0.25, 0.3) is 0 Å². The second-order valence-electron chi connectivity index (χ2n) is 9.78.